The van der Waals surface area contributed by atoms with E-state index < -0.39 is 0 Å². The van der Waals surface area contributed by atoms with Crippen LogP contribution >= 0.6 is 0 Å². The largest absolute Gasteiger partial charge is 0.465 e. The van der Waals surface area contributed by atoms with E-state index in [1.807, 2.05) is 18.3 Å². The van der Waals surface area contributed by atoms with Crippen molar-refractivity contribution in [2.24, 2.45) is 4.99 Å². The molecule has 4 nitrogen and oxygen atoms in total. The highest BCUT2D eigenvalue weighted by atomic mass is 16.5. The lowest BCUT2D eigenvalue weighted by Gasteiger charge is -2.10. The van der Waals surface area contributed by atoms with Crippen molar-refractivity contribution < 1.29 is 9.53 Å². The average Bonchev–Trinajstić information content (AvgIpc) is 2.93. The highest BCUT2D eigenvalue weighted by Crippen LogP contribution is 2.21. The molecular formula is C22H22N2O2. The number of carbonyl (C=O) groups excluding carboxylic acids is 1. The molecule has 0 saturated heterocycles. The number of nitrogens with zero attached hydrogens (tertiary/aromatic N) is 2. The van der Waals surface area contributed by atoms with Gasteiger partial charge in [0.15, 0.2) is 0 Å². The van der Waals surface area contributed by atoms with Gasteiger partial charge in [0.05, 0.1) is 18.4 Å². The third kappa shape index (κ3) is 3.59. The molecule has 1 heterocycles. The van der Waals surface area contributed by atoms with Crippen LogP contribution in [0.15, 0.2) is 59.6 Å². The average molecular weight is 346 g/mol. The van der Waals surface area contributed by atoms with Gasteiger partial charge in [-0.2, -0.15) is 0 Å². The van der Waals surface area contributed by atoms with Crippen molar-refractivity contribution in [3.8, 4) is 5.69 Å². The number of carbonyl (C=O) groups is 1. The summed E-state index contributed by atoms with van der Waals surface area (Å²) < 4.78 is 6.94. The number of esters is 1. The summed E-state index contributed by atoms with van der Waals surface area (Å²) in [6, 6.07) is 17.6. The topological polar surface area (TPSA) is 43.6 Å². The maximum atomic E-state index is 11.5. The van der Waals surface area contributed by atoms with Gasteiger partial charge in [-0.1, -0.05) is 12.1 Å². The van der Waals surface area contributed by atoms with Crippen LogP contribution in [0.5, 0.6) is 0 Å². The fourth-order valence-electron chi connectivity index (χ4n) is 3.03. The molecule has 2 aromatic carbocycles. The number of benzene rings is 2. The van der Waals surface area contributed by atoms with Gasteiger partial charge in [0.1, 0.15) is 0 Å². The fourth-order valence-corrected chi connectivity index (χ4v) is 3.03. The number of hydrogen-bond acceptors (Lipinski definition) is 3. The molecule has 0 radical (unpaired) electrons. The van der Waals surface area contributed by atoms with Gasteiger partial charge >= 0.3 is 5.97 Å². The molecule has 0 aliphatic rings. The van der Waals surface area contributed by atoms with E-state index in [0.717, 1.165) is 28.3 Å². The van der Waals surface area contributed by atoms with Gasteiger partial charge < -0.3 is 9.30 Å². The van der Waals surface area contributed by atoms with Crippen molar-refractivity contribution in [2.45, 2.75) is 20.8 Å². The Morgan fingerprint density at radius 1 is 1.04 bits per heavy atom. The van der Waals surface area contributed by atoms with Crippen LogP contribution in [0.3, 0.4) is 0 Å². The molecule has 0 unspecified atom stereocenters. The first-order valence-corrected chi connectivity index (χ1v) is 8.48. The van der Waals surface area contributed by atoms with Crippen molar-refractivity contribution in [1.29, 1.82) is 0 Å². The molecule has 4 heteroatoms. The molecule has 3 rings (SSSR count). The predicted molar refractivity (Wildman–Crippen MR) is 105 cm³/mol. The lowest BCUT2D eigenvalue weighted by Crippen LogP contribution is -2.00. The molecule has 0 spiro atoms. The first kappa shape index (κ1) is 17.7. The first-order valence-electron chi connectivity index (χ1n) is 8.48. The lowest BCUT2D eigenvalue weighted by molar-refractivity contribution is 0.0601. The van der Waals surface area contributed by atoms with E-state index >= 15 is 0 Å². The minimum absolute atomic E-state index is 0.345. The van der Waals surface area contributed by atoms with Gasteiger partial charge in [-0.15, -0.1) is 0 Å². The zero-order chi connectivity index (χ0) is 18.7. The van der Waals surface area contributed by atoms with Gasteiger partial charge in [0.2, 0.25) is 0 Å². The summed E-state index contributed by atoms with van der Waals surface area (Å²) in [6.45, 7) is 6.28. The number of methoxy groups -OCH3 is 1. The Hall–Kier alpha value is -3.14. The standard InChI is InChI=1S/C22H22N2O2/c1-15-6-5-7-21(12-15)24-16(2)13-19(17(24)3)14-23-20-10-8-18(9-11-20)22(25)26-4/h5-14H,1-4H3. The van der Waals surface area contributed by atoms with Gasteiger partial charge in [-0.05, 0) is 68.8 Å². The molecule has 0 amide bonds. The quantitative estimate of drug-likeness (QED) is 0.496. The van der Waals surface area contributed by atoms with Crippen LogP contribution in [0, 0.1) is 20.8 Å². The van der Waals surface area contributed by atoms with Crippen LogP contribution < -0.4 is 0 Å². The number of hydrogen-bond donors (Lipinski definition) is 0. The summed E-state index contributed by atoms with van der Waals surface area (Å²) in [6.07, 6.45) is 1.86. The maximum absolute atomic E-state index is 11.5. The molecular weight excluding hydrogens is 324 g/mol. The smallest absolute Gasteiger partial charge is 0.337 e. The second-order valence-corrected chi connectivity index (χ2v) is 6.30. The van der Waals surface area contributed by atoms with E-state index in [4.69, 9.17) is 4.74 Å². The highest BCUT2D eigenvalue weighted by molar-refractivity contribution is 5.90. The highest BCUT2D eigenvalue weighted by Gasteiger charge is 2.09. The van der Waals surface area contributed by atoms with Gasteiger partial charge in [-0.25, -0.2) is 4.79 Å². The first-order chi connectivity index (χ1) is 12.5. The summed E-state index contributed by atoms with van der Waals surface area (Å²) in [5, 5.41) is 0. The van der Waals surface area contributed by atoms with E-state index in [9.17, 15) is 4.79 Å². The second kappa shape index (κ2) is 7.40. The maximum Gasteiger partial charge on any atom is 0.337 e. The zero-order valence-electron chi connectivity index (χ0n) is 15.5. The monoisotopic (exact) mass is 346 g/mol. The molecule has 0 bridgehead atoms. The molecule has 1 aromatic heterocycles. The van der Waals surface area contributed by atoms with Crippen LogP contribution in [0.2, 0.25) is 0 Å². The van der Waals surface area contributed by atoms with E-state index in [1.54, 1.807) is 12.1 Å². The molecule has 132 valence electrons. The molecule has 26 heavy (non-hydrogen) atoms. The summed E-state index contributed by atoms with van der Waals surface area (Å²) in [5.74, 6) is -0.345. The minimum Gasteiger partial charge on any atom is -0.465 e. The molecule has 0 aliphatic carbocycles. The summed E-state index contributed by atoms with van der Waals surface area (Å²) in [5.41, 5.74) is 7.07. The van der Waals surface area contributed by atoms with E-state index in [0.29, 0.717) is 5.56 Å². The number of aromatic nitrogens is 1. The number of ether oxygens (including phenoxy) is 1. The second-order valence-electron chi connectivity index (χ2n) is 6.30. The molecule has 0 atom stereocenters. The van der Waals surface area contributed by atoms with Crippen molar-refractivity contribution >= 4 is 17.9 Å². The summed E-state index contributed by atoms with van der Waals surface area (Å²) >= 11 is 0. The fraction of sp³-hybridized carbons (Fsp3) is 0.182. The number of aliphatic imine (C=N–C) groups is 1. The van der Waals surface area contributed by atoms with Crippen LogP contribution in [-0.2, 0) is 4.74 Å². The van der Waals surface area contributed by atoms with Gasteiger partial charge in [0.25, 0.3) is 0 Å². The van der Waals surface area contributed by atoms with E-state index in [-0.39, 0.29) is 5.97 Å². The van der Waals surface area contributed by atoms with Crippen molar-refractivity contribution in [2.75, 3.05) is 7.11 Å². The molecule has 0 N–H and O–H groups in total. The number of rotatable bonds is 4. The normalized spacial score (nSPS) is 11.1. The van der Waals surface area contributed by atoms with Crippen molar-refractivity contribution in [1.82, 2.24) is 4.57 Å². The van der Waals surface area contributed by atoms with E-state index in [2.05, 4.69) is 60.7 Å². The predicted octanol–water partition coefficient (Wildman–Crippen LogP) is 4.94. The SMILES string of the molecule is COC(=O)c1ccc(N=Cc2cc(C)n(-c3cccc(C)c3)c2C)cc1. The minimum atomic E-state index is -0.345. The Balaban J connectivity index is 1.88. The van der Waals surface area contributed by atoms with Crippen LogP contribution in [0.4, 0.5) is 5.69 Å². The molecule has 0 fully saturated rings. The van der Waals surface area contributed by atoms with Crippen LogP contribution in [-0.4, -0.2) is 23.9 Å². The van der Waals surface area contributed by atoms with Crippen LogP contribution in [0.1, 0.15) is 32.9 Å². The number of aryl methyl sites for hydroxylation is 2. The Morgan fingerprint density at radius 2 is 1.77 bits per heavy atom. The van der Waals surface area contributed by atoms with Crippen molar-refractivity contribution in [3.63, 3.8) is 0 Å². The zero-order valence-corrected chi connectivity index (χ0v) is 15.5. The molecule has 0 saturated carbocycles. The van der Waals surface area contributed by atoms with Crippen molar-refractivity contribution in [3.05, 3.63) is 82.7 Å². The summed E-state index contributed by atoms with van der Waals surface area (Å²) in [7, 11) is 1.37. The van der Waals surface area contributed by atoms with Crippen LogP contribution in [0.25, 0.3) is 5.69 Å². The third-order valence-corrected chi connectivity index (χ3v) is 4.37. The Morgan fingerprint density at radius 3 is 2.42 bits per heavy atom. The third-order valence-electron chi connectivity index (χ3n) is 4.37. The van der Waals surface area contributed by atoms with E-state index in [1.165, 1.54) is 12.7 Å². The molecule has 3 aromatic rings. The molecule has 0 aliphatic heterocycles. The Kier molecular flexibility index (Phi) is 5.03. The van der Waals surface area contributed by atoms with Gasteiger partial charge in [-0.3, -0.25) is 4.99 Å². The Bertz CT molecular complexity index is 966. The Labute approximate surface area is 153 Å². The lowest BCUT2D eigenvalue weighted by atomic mass is 10.2. The van der Waals surface area contributed by atoms with Gasteiger partial charge in [0, 0.05) is 28.9 Å². The summed E-state index contributed by atoms with van der Waals surface area (Å²) in [4.78, 5) is 16.0.